The number of nitrogens with zero attached hydrogens (tertiary/aromatic N) is 1. The Hall–Kier alpha value is -3.38. The second kappa shape index (κ2) is 9.18. The number of carbonyl (C=O) groups excluding carboxylic acids is 1. The van der Waals surface area contributed by atoms with Crippen LogP contribution in [0.15, 0.2) is 71.3 Å². The second-order valence-corrected chi connectivity index (χ2v) is 8.57. The van der Waals surface area contributed by atoms with Crippen LogP contribution in [0.5, 0.6) is 0 Å². The molecule has 5 nitrogen and oxygen atoms in total. The molecule has 1 aromatic carbocycles. The maximum absolute atomic E-state index is 12.7. The number of rotatable bonds is 7. The van der Waals surface area contributed by atoms with Crippen molar-refractivity contribution in [2.24, 2.45) is 0 Å². The largest absolute Gasteiger partial charge is 0.459 e. The van der Waals surface area contributed by atoms with Crippen molar-refractivity contribution in [3.63, 3.8) is 0 Å². The van der Waals surface area contributed by atoms with Crippen LogP contribution < -0.4 is 10.6 Å². The first-order valence-electron chi connectivity index (χ1n) is 10.3. The summed E-state index contributed by atoms with van der Waals surface area (Å²) in [5.41, 5.74) is 4.25. The van der Waals surface area contributed by atoms with Crippen molar-refractivity contribution in [3.8, 4) is 0 Å². The molecule has 0 saturated heterocycles. The lowest BCUT2D eigenvalue weighted by atomic mass is 9.98. The molecule has 3 aromatic heterocycles. The van der Waals surface area contributed by atoms with Crippen LogP contribution in [0.25, 0.3) is 0 Å². The minimum Gasteiger partial charge on any atom is -0.459 e. The molecule has 0 radical (unpaired) electrons. The van der Waals surface area contributed by atoms with E-state index in [-0.39, 0.29) is 17.7 Å². The van der Waals surface area contributed by atoms with E-state index in [1.165, 1.54) is 16.7 Å². The SMILES string of the molecule is CCc1cc([C@H](Nc2cccc(C)n2)c2ccc(C)cc2)c(NC(=O)c2ccco2)s1. The van der Waals surface area contributed by atoms with Crippen LogP contribution in [0, 0.1) is 13.8 Å². The topological polar surface area (TPSA) is 67.2 Å². The van der Waals surface area contributed by atoms with Crippen LogP contribution >= 0.6 is 11.3 Å². The normalized spacial score (nSPS) is 11.8. The summed E-state index contributed by atoms with van der Waals surface area (Å²) in [6.45, 7) is 6.16. The summed E-state index contributed by atoms with van der Waals surface area (Å²) in [4.78, 5) is 18.5. The van der Waals surface area contributed by atoms with Crippen LogP contribution in [-0.4, -0.2) is 10.9 Å². The minimum atomic E-state index is -0.257. The van der Waals surface area contributed by atoms with Crippen molar-refractivity contribution in [3.05, 3.63) is 99.9 Å². The summed E-state index contributed by atoms with van der Waals surface area (Å²) in [5.74, 6) is 0.822. The van der Waals surface area contributed by atoms with Gasteiger partial charge in [-0.05, 0) is 56.2 Å². The molecular weight excluding hydrogens is 406 g/mol. The van der Waals surface area contributed by atoms with Gasteiger partial charge in [0.15, 0.2) is 5.76 Å². The third kappa shape index (κ3) is 4.86. The molecule has 4 aromatic rings. The van der Waals surface area contributed by atoms with Crippen molar-refractivity contribution in [2.45, 2.75) is 33.2 Å². The van der Waals surface area contributed by atoms with Crippen molar-refractivity contribution in [2.75, 3.05) is 10.6 Å². The smallest absolute Gasteiger partial charge is 0.291 e. The lowest BCUT2D eigenvalue weighted by Gasteiger charge is -2.21. The van der Waals surface area contributed by atoms with Gasteiger partial charge < -0.3 is 15.1 Å². The van der Waals surface area contributed by atoms with E-state index in [0.717, 1.165) is 34.1 Å². The molecule has 2 N–H and O–H groups in total. The summed E-state index contributed by atoms with van der Waals surface area (Å²) in [5, 5.41) is 7.44. The Morgan fingerprint density at radius 1 is 1.10 bits per heavy atom. The van der Waals surface area contributed by atoms with E-state index in [9.17, 15) is 4.79 Å². The summed E-state index contributed by atoms with van der Waals surface area (Å²) < 4.78 is 5.27. The first-order valence-corrected chi connectivity index (χ1v) is 11.1. The van der Waals surface area contributed by atoms with Gasteiger partial charge in [0.1, 0.15) is 10.8 Å². The molecular formula is C25H25N3O2S. The van der Waals surface area contributed by atoms with Crippen LogP contribution in [0.2, 0.25) is 0 Å². The highest BCUT2D eigenvalue weighted by atomic mass is 32.1. The first kappa shape index (κ1) is 20.9. The number of aromatic nitrogens is 1. The Morgan fingerprint density at radius 3 is 2.58 bits per heavy atom. The highest BCUT2D eigenvalue weighted by Gasteiger charge is 2.23. The number of benzene rings is 1. The molecule has 0 saturated carbocycles. The van der Waals surface area contributed by atoms with Gasteiger partial charge in [0.2, 0.25) is 0 Å². The molecule has 0 spiro atoms. The van der Waals surface area contributed by atoms with E-state index < -0.39 is 0 Å². The molecule has 31 heavy (non-hydrogen) atoms. The summed E-state index contributed by atoms with van der Waals surface area (Å²) >= 11 is 1.59. The molecule has 4 rings (SSSR count). The average Bonchev–Trinajstić information content (AvgIpc) is 3.43. The monoisotopic (exact) mass is 431 g/mol. The van der Waals surface area contributed by atoms with Gasteiger partial charge in [-0.15, -0.1) is 11.3 Å². The van der Waals surface area contributed by atoms with E-state index in [1.54, 1.807) is 23.5 Å². The van der Waals surface area contributed by atoms with Gasteiger partial charge in [0.25, 0.3) is 5.91 Å². The van der Waals surface area contributed by atoms with Crippen molar-refractivity contribution in [1.82, 2.24) is 4.98 Å². The molecule has 0 fully saturated rings. The summed E-state index contributed by atoms with van der Waals surface area (Å²) in [6.07, 6.45) is 2.39. The third-order valence-electron chi connectivity index (χ3n) is 5.03. The van der Waals surface area contributed by atoms with Gasteiger partial charge in [0.05, 0.1) is 12.3 Å². The van der Waals surface area contributed by atoms with Gasteiger partial charge in [-0.2, -0.15) is 0 Å². The van der Waals surface area contributed by atoms with Gasteiger partial charge in [0, 0.05) is 16.1 Å². The standard InChI is InChI=1S/C25H25N3O2S/c1-4-19-15-20(25(31-19)28-24(29)21-8-6-14-30-21)23(18-12-10-16(2)11-13-18)27-22-9-5-7-17(3)26-22/h5-15,23H,4H2,1-3H3,(H,26,27)(H,28,29)/t23-/m1/s1. The Balaban J connectivity index is 1.75. The van der Waals surface area contributed by atoms with Crippen molar-refractivity contribution < 1.29 is 9.21 Å². The zero-order valence-corrected chi connectivity index (χ0v) is 18.6. The van der Waals surface area contributed by atoms with E-state index in [0.29, 0.717) is 0 Å². The van der Waals surface area contributed by atoms with E-state index in [2.05, 4.69) is 59.8 Å². The van der Waals surface area contributed by atoms with Gasteiger partial charge in [-0.25, -0.2) is 4.98 Å². The zero-order valence-electron chi connectivity index (χ0n) is 17.8. The predicted octanol–water partition coefficient (Wildman–Crippen LogP) is 6.37. The number of hydrogen-bond acceptors (Lipinski definition) is 5. The molecule has 3 heterocycles. The number of thiophene rings is 1. The Bertz CT molecular complexity index is 1160. The number of furan rings is 1. The highest BCUT2D eigenvalue weighted by Crippen LogP contribution is 2.38. The number of carbonyl (C=O) groups is 1. The molecule has 0 aliphatic carbocycles. The van der Waals surface area contributed by atoms with E-state index in [1.807, 2.05) is 25.1 Å². The number of amides is 1. The fraction of sp³-hybridized carbons (Fsp3) is 0.200. The summed E-state index contributed by atoms with van der Waals surface area (Å²) in [6, 6.07) is 19.7. The quantitative estimate of drug-likeness (QED) is 0.357. The Labute approximate surface area is 186 Å². The summed E-state index contributed by atoms with van der Waals surface area (Å²) in [7, 11) is 0. The van der Waals surface area contributed by atoms with Crippen LogP contribution in [-0.2, 0) is 6.42 Å². The predicted molar refractivity (Wildman–Crippen MR) is 126 cm³/mol. The number of nitrogens with one attached hydrogen (secondary N) is 2. The molecule has 1 amide bonds. The molecule has 158 valence electrons. The van der Waals surface area contributed by atoms with Gasteiger partial charge in [-0.1, -0.05) is 42.8 Å². The fourth-order valence-electron chi connectivity index (χ4n) is 3.39. The molecule has 1 atom stereocenters. The number of hydrogen-bond donors (Lipinski definition) is 2. The molecule has 0 aliphatic rings. The highest BCUT2D eigenvalue weighted by molar-refractivity contribution is 7.16. The molecule has 0 aliphatic heterocycles. The minimum absolute atomic E-state index is 0.168. The maximum atomic E-state index is 12.7. The van der Waals surface area contributed by atoms with Gasteiger partial charge in [-0.3, -0.25) is 4.79 Å². The van der Waals surface area contributed by atoms with Crippen molar-refractivity contribution >= 4 is 28.1 Å². The molecule has 0 unspecified atom stereocenters. The molecule has 6 heteroatoms. The van der Waals surface area contributed by atoms with Crippen LogP contribution in [0.3, 0.4) is 0 Å². The number of aryl methyl sites for hydroxylation is 3. The Kier molecular flexibility index (Phi) is 6.18. The fourth-order valence-corrected chi connectivity index (χ4v) is 4.42. The van der Waals surface area contributed by atoms with E-state index in [4.69, 9.17) is 4.42 Å². The van der Waals surface area contributed by atoms with Gasteiger partial charge >= 0.3 is 0 Å². The third-order valence-corrected chi connectivity index (χ3v) is 6.25. The average molecular weight is 432 g/mol. The molecule has 0 bridgehead atoms. The first-order chi connectivity index (χ1) is 15.0. The number of anilines is 2. The van der Waals surface area contributed by atoms with Crippen LogP contribution in [0.1, 0.15) is 50.8 Å². The maximum Gasteiger partial charge on any atom is 0.291 e. The van der Waals surface area contributed by atoms with Crippen LogP contribution in [0.4, 0.5) is 10.8 Å². The second-order valence-electron chi connectivity index (χ2n) is 7.43. The lowest BCUT2D eigenvalue weighted by Crippen LogP contribution is -2.17. The van der Waals surface area contributed by atoms with E-state index >= 15 is 0 Å². The lowest BCUT2D eigenvalue weighted by molar-refractivity contribution is 0.0997. The Morgan fingerprint density at radius 2 is 1.90 bits per heavy atom. The zero-order chi connectivity index (χ0) is 21.8. The number of pyridine rings is 1. The van der Waals surface area contributed by atoms with Crippen molar-refractivity contribution in [1.29, 1.82) is 0 Å².